The summed E-state index contributed by atoms with van der Waals surface area (Å²) in [5.41, 5.74) is 1.45. The van der Waals surface area contributed by atoms with Gasteiger partial charge in [-0.15, -0.1) is 0 Å². The Kier molecular flexibility index (Phi) is 4.48. The fraction of sp³-hybridized carbons (Fsp3) is 0.222. The Labute approximate surface area is 133 Å². The zero-order chi connectivity index (χ0) is 16.2. The molecule has 1 aliphatic rings. The maximum Gasteiger partial charge on any atom is 0.251 e. The number of amides is 2. The molecule has 1 N–H and O–H groups in total. The second-order valence-electron chi connectivity index (χ2n) is 5.49. The number of hydrogen-bond acceptors (Lipinski definition) is 3. The SMILES string of the molecule is O=C1C[C@@H](NCCc2cccc(F)c2)C(=O)N1c1ccccc1. The van der Waals surface area contributed by atoms with Crippen molar-refractivity contribution in [2.24, 2.45) is 0 Å². The number of nitrogens with one attached hydrogen (secondary N) is 1. The number of halogens is 1. The van der Waals surface area contributed by atoms with Crippen LogP contribution in [-0.2, 0) is 16.0 Å². The summed E-state index contributed by atoms with van der Waals surface area (Å²) in [4.78, 5) is 25.7. The fourth-order valence-electron chi connectivity index (χ4n) is 2.72. The molecule has 1 atom stereocenters. The molecule has 0 aliphatic carbocycles. The molecule has 3 rings (SSSR count). The van der Waals surface area contributed by atoms with Crippen LogP contribution in [0.15, 0.2) is 54.6 Å². The molecule has 2 aromatic rings. The molecule has 0 aromatic heterocycles. The normalized spacial score (nSPS) is 17.8. The van der Waals surface area contributed by atoms with E-state index < -0.39 is 6.04 Å². The lowest BCUT2D eigenvalue weighted by atomic mass is 10.1. The first-order valence-electron chi connectivity index (χ1n) is 7.55. The molecule has 5 heteroatoms. The van der Waals surface area contributed by atoms with E-state index in [9.17, 15) is 14.0 Å². The van der Waals surface area contributed by atoms with Crippen LogP contribution in [0.2, 0.25) is 0 Å². The number of anilines is 1. The van der Waals surface area contributed by atoms with Gasteiger partial charge in [-0.1, -0.05) is 30.3 Å². The van der Waals surface area contributed by atoms with E-state index in [2.05, 4.69) is 5.32 Å². The highest BCUT2D eigenvalue weighted by atomic mass is 19.1. The van der Waals surface area contributed by atoms with Crippen molar-refractivity contribution in [1.82, 2.24) is 5.32 Å². The molecule has 23 heavy (non-hydrogen) atoms. The largest absolute Gasteiger partial charge is 0.305 e. The molecule has 0 bridgehead atoms. The van der Waals surface area contributed by atoms with Crippen molar-refractivity contribution in [2.45, 2.75) is 18.9 Å². The first-order valence-corrected chi connectivity index (χ1v) is 7.55. The maximum absolute atomic E-state index is 13.1. The minimum absolute atomic E-state index is 0.150. The summed E-state index contributed by atoms with van der Waals surface area (Å²) >= 11 is 0. The minimum atomic E-state index is -0.517. The van der Waals surface area contributed by atoms with Gasteiger partial charge in [0.1, 0.15) is 5.82 Å². The third-order valence-corrected chi connectivity index (χ3v) is 3.85. The summed E-state index contributed by atoms with van der Waals surface area (Å²) in [5.74, 6) is -0.713. The quantitative estimate of drug-likeness (QED) is 0.862. The van der Waals surface area contributed by atoms with E-state index in [-0.39, 0.29) is 24.1 Å². The lowest BCUT2D eigenvalue weighted by Crippen LogP contribution is -2.39. The van der Waals surface area contributed by atoms with Gasteiger partial charge in [0.15, 0.2) is 0 Å². The number of para-hydroxylation sites is 1. The molecule has 1 fully saturated rings. The molecule has 0 radical (unpaired) electrons. The summed E-state index contributed by atoms with van der Waals surface area (Å²) in [6, 6.07) is 14.7. The highest BCUT2D eigenvalue weighted by Crippen LogP contribution is 2.22. The van der Waals surface area contributed by atoms with E-state index in [0.717, 1.165) is 5.56 Å². The van der Waals surface area contributed by atoms with Crippen LogP contribution in [-0.4, -0.2) is 24.4 Å². The Hall–Kier alpha value is -2.53. The molecule has 0 saturated carbocycles. The van der Waals surface area contributed by atoms with Crippen LogP contribution in [0.25, 0.3) is 0 Å². The molecule has 0 unspecified atom stereocenters. The lowest BCUT2D eigenvalue weighted by molar-refractivity contribution is -0.121. The zero-order valence-corrected chi connectivity index (χ0v) is 12.5. The number of benzene rings is 2. The summed E-state index contributed by atoms with van der Waals surface area (Å²) in [6.07, 6.45) is 0.748. The number of hydrogen-bond donors (Lipinski definition) is 1. The second-order valence-corrected chi connectivity index (χ2v) is 5.49. The van der Waals surface area contributed by atoms with Crippen molar-refractivity contribution in [3.05, 3.63) is 66.0 Å². The number of carbonyl (C=O) groups excluding carboxylic acids is 2. The number of rotatable bonds is 5. The number of nitrogens with zero attached hydrogens (tertiary/aromatic N) is 1. The van der Waals surface area contributed by atoms with E-state index in [4.69, 9.17) is 0 Å². The molecule has 118 valence electrons. The first-order chi connectivity index (χ1) is 11.1. The predicted molar refractivity (Wildman–Crippen MR) is 85.4 cm³/mol. The second kappa shape index (κ2) is 6.71. The predicted octanol–water partition coefficient (Wildman–Crippen LogP) is 2.29. The van der Waals surface area contributed by atoms with Crippen molar-refractivity contribution in [3.8, 4) is 0 Å². The summed E-state index contributed by atoms with van der Waals surface area (Å²) in [5, 5.41) is 3.09. The molecule has 1 heterocycles. The van der Waals surface area contributed by atoms with Gasteiger partial charge in [-0.2, -0.15) is 0 Å². The fourth-order valence-corrected chi connectivity index (χ4v) is 2.72. The Bertz CT molecular complexity index is 718. The molecule has 2 amide bonds. The Morgan fingerprint density at radius 3 is 2.61 bits per heavy atom. The average Bonchev–Trinajstić information content (AvgIpc) is 2.82. The van der Waals surface area contributed by atoms with Crippen LogP contribution in [0.3, 0.4) is 0 Å². The van der Waals surface area contributed by atoms with E-state index >= 15 is 0 Å². The van der Waals surface area contributed by atoms with Crippen molar-refractivity contribution in [2.75, 3.05) is 11.4 Å². The van der Waals surface area contributed by atoms with Gasteiger partial charge in [0, 0.05) is 0 Å². The Morgan fingerprint density at radius 1 is 1.09 bits per heavy atom. The summed E-state index contributed by atoms with van der Waals surface area (Å²) in [7, 11) is 0. The molecule has 1 aliphatic heterocycles. The smallest absolute Gasteiger partial charge is 0.251 e. The highest BCUT2D eigenvalue weighted by molar-refractivity contribution is 6.22. The highest BCUT2D eigenvalue weighted by Gasteiger charge is 2.38. The van der Waals surface area contributed by atoms with Gasteiger partial charge in [0.2, 0.25) is 5.91 Å². The third-order valence-electron chi connectivity index (χ3n) is 3.85. The van der Waals surface area contributed by atoms with Gasteiger partial charge in [0.25, 0.3) is 5.91 Å². The van der Waals surface area contributed by atoms with E-state index in [1.165, 1.54) is 17.0 Å². The molecular weight excluding hydrogens is 295 g/mol. The van der Waals surface area contributed by atoms with Gasteiger partial charge >= 0.3 is 0 Å². The van der Waals surface area contributed by atoms with Crippen LogP contribution in [0.1, 0.15) is 12.0 Å². The molecule has 0 spiro atoms. The van der Waals surface area contributed by atoms with Gasteiger partial charge in [-0.3, -0.25) is 9.59 Å². The maximum atomic E-state index is 13.1. The topological polar surface area (TPSA) is 49.4 Å². The van der Waals surface area contributed by atoms with Crippen LogP contribution in [0.4, 0.5) is 10.1 Å². The number of imide groups is 1. The van der Waals surface area contributed by atoms with E-state index in [0.29, 0.717) is 18.7 Å². The lowest BCUT2D eigenvalue weighted by Gasteiger charge is -2.15. The van der Waals surface area contributed by atoms with Crippen molar-refractivity contribution in [3.63, 3.8) is 0 Å². The van der Waals surface area contributed by atoms with Gasteiger partial charge in [-0.05, 0) is 42.8 Å². The summed E-state index contributed by atoms with van der Waals surface area (Å²) in [6.45, 7) is 0.510. The number of carbonyl (C=O) groups is 2. The average molecular weight is 312 g/mol. The minimum Gasteiger partial charge on any atom is -0.305 e. The monoisotopic (exact) mass is 312 g/mol. The molecule has 1 saturated heterocycles. The van der Waals surface area contributed by atoms with Crippen LogP contribution >= 0.6 is 0 Å². The Balaban J connectivity index is 1.59. The van der Waals surface area contributed by atoms with Crippen molar-refractivity contribution >= 4 is 17.5 Å². The Morgan fingerprint density at radius 2 is 1.87 bits per heavy atom. The first kappa shape index (κ1) is 15.4. The standard InChI is InChI=1S/C18H17FN2O2/c19-14-6-4-5-13(11-14)9-10-20-16-12-17(22)21(18(16)23)15-7-2-1-3-8-15/h1-8,11,16,20H,9-10,12H2/t16-/m1/s1. The zero-order valence-electron chi connectivity index (χ0n) is 12.5. The molecule has 4 nitrogen and oxygen atoms in total. The summed E-state index contributed by atoms with van der Waals surface area (Å²) < 4.78 is 13.1. The van der Waals surface area contributed by atoms with Gasteiger partial charge in [0.05, 0.1) is 18.2 Å². The van der Waals surface area contributed by atoms with Crippen molar-refractivity contribution in [1.29, 1.82) is 0 Å². The van der Waals surface area contributed by atoms with Crippen LogP contribution < -0.4 is 10.2 Å². The van der Waals surface area contributed by atoms with E-state index in [1.54, 1.807) is 30.3 Å². The van der Waals surface area contributed by atoms with Gasteiger partial charge < -0.3 is 5.32 Å². The molecule has 2 aromatic carbocycles. The van der Waals surface area contributed by atoms with Crippen LogP contribution in [0, 0.1) is 5.82 Å². The molecular formula is C18H17FN2O2. The van der Waals surface area contributed by atoms with Gasteiger partial charge in [-0.25, -0.2) is 9.29 Å². The third kappa shape index (κ3) is 3.46. The van der Waals surface area contributed by atoms with Crippen LogP contribution in [0.5, 0.6) is 0 Å². The van der Waals surface area contributed by atoms with Crippen molar-refractivity contribution < 1.29 is 14.0 Å². The van der Waals surface area contributed by atoms with E-state index in [1.807, 2.05) is 12.1 Å².